The molecule has 8 bridgehead atoms. The highest BCUT2D eigenvalue weighted by atomic mass is 16.5. The van der Waals surface area contributed by atoms with Crippen LogP contribution in [0.5, 0.6) is 0 Å². The lowest BCUT2D eigenvalue weighted by molar-refractivity contribution is -0.143. The molecule has 0 unspecified atom stereocenters. The lowest BCUT2D eigenvalue weighted by Gasteiger charge is -2.20. The standard InChI is InChI=1S/C39H47N5O5/c1-9-14-40-38-35-36-25(12-13-32(46)48-15-10-2)20(5)27(43-36)16-28-21(6)33(23(8)45)31(42-28)18-26-19(4)24(11-3)30(41-26)17-29-22(7)34(37(35)44-29)39(47)49-38/h16-20,24-25,41,44H,9-15H2,1-8H3/t19-,20+,24-,25+/m1/s1. The number of ketones is 1. The van der Waals surface area contributed by atoms with E-state index in [2.05, 4.69) is 36.8 Å². The van der Waals surface area contributed by atoms with Gasteiger partial charge in [-0.2, -0.15) is 0 Å². The highest BCUT2D eigenvalue weighted by Crippen LogP contribution is 2.45. The third-order valence-electron chi connectivity index (χ3n) is 10.4. The number of cyclic esters (lactones) is 1. The van der Waals surface area contributed by atoms with Gasteiger partial charge in [0.15, 0.2) is 5.78 Å². The van der Waals surface area contributed by atoms with Crippen LogP contribution in [0.1, 0.15) is 160 Å². The first-order valence-corrected chi connectivity index (χ1v) is 17.7. The first kappa shape index (κ1) is 34.3. The van der Waals surface area contributed by atoms with E-state index in [1.54, 1.807) is 6.92 Å². The minimum Gasteiger partial charge on any atom is -0.466 e. The van der Waals surface area contributed by atoms with Gasteiger partial charge in [0.2, 0.25) is 5.90 Å². The summed E-state index contributed by atoms with van der Waals surface area (Å²) in [4.78, 5) is 61.8. The van der Waals surface area contributed by atoms with Crippen LogP contribution in [0.25, 0.3) is 22.2 Å². The van der Waals surface area contributed by atoms with Gasteiger partial charge in [0, 0.05) is 64.8 Å². The van der Waals surface area contributed by atoms with Gasteiger partial charge in [0.1, 0.15) is 0 Å². The number of fused-ring (bicyclic) bond motifs is 8. The van der Waals surface area contributed by atoms with Gasteiger partial charge in [-0.25, -0.2) is 9.78 Å². The predicted octanol–water partition coefficient (Wildman–Crippen LogP) is 8.11. The average molecular weight is 666 g/mol. The van der Waals surface area contributed by atoms with Crippen molar-refractivity contribution >= 4 is 45.8 Å². The molecular formula is C39H47N5O5. The molecule has 258 valence electrons. The number of nitrogens with one attached hydrogen (secondary N) is 2. The molecule has 6 heterocycles. The highest BCUT2D eigenvalue weighted by Gasteiger charge is 2.38. The van der Waals surface area contributed by atoms with Crippen molar-refractivity contribution in [2.45, 2.75) is 111 Å². The summed E-state index contributed by atoms with van der Waals surface area (Å²) in [6, 6.07) is 6.06. The van der Waals surface area contributed by atoms with Crippen LogP contribution in [0.2, 0.25) is 0 Å². The van der Waals surface area contributed by atoms with E-state index in [1.807, 2.05) is 39.8 Å². The Kier molecular flexibility index (Phi) is 9.60. The zero-order chi connectivity index (χ0) is 35.1. The second-order valence-corrected chi connectivity index (χ2v) is 13.7. The monoisotopic (exact) mass is 665 g/mol. The second kappa shape index (κ2) is 13.7. The summed E-state index contributed by atoms with van der Waals surface area (Å²) in [5, 5.41) is 0. The van der Waals surface area contributed by atoms with Crippen molar-refractivity contribution in [1.82, 2.24) is 19.9 Å². The molecule has 10 heteroatoms. The van der Waals surface area contributed by atoms with Crippen LogP contribution < -0.4 is 0 Å². The molecule has 10 nitrogen and oxygen atoms in total. The fourth-order valence-electron chi connectivity index (χ4n) is 7.64. The Morgan fingerprint density at radius 1 is 0.939 bits per heavy atom. The molecule has 0 radical (unpaired) electrons. The van der Waals surface area contributed by atoms with Crippen molar-refractivity contribution in [3.8, 4) is 0 Å². The molecule has 4 atom stereocenters. The minimum absolute atomic E-state index is 0.0434. The summed E-state index contributed by atoms with van der Waals surface area (Å²) in [5.41, 5.74) is 9.54. The Morgan fingerprint density at radius 3 is 2.41 bits per heavy atom. The Hall–Kier alpha value is -4.60. The second-order valence-electron chi connectivity index (χ2n) is 13.7. The highest BCUT2D eigenvalue weighted by molar-refractivity contribution is 6.27. The number of carbonyl (C=O) groups is 3. The molecule has 0 saturated carbocycles. The Balaban J connectivity index is 1.73. The number of H-pyrrole nitrogens is 2. The maximum Gasteiger partial charge on any atom is 0.347 e. The molecule has 0 aliphatic carbocycles. The van der Waals surface area contributed by atoms with Crippen molar-refractivity contribution < 1.29 is 23.9 Å². The summed E-state index contributed by atoms with van der Waals surface area (Å²) in [6.45, 7) is 16.7. The maximum atomic E-state index is 13.7. The van der Waals surface area contributed by atoms with E-state index in [0.29, 0.717) is 58.9 Å². The summed E-state index contributed by atoms with van der Waals surface area (Å²) < 4.78 is 11.5. The number of aryl methyl sites for hydroxylation is 1. The van der Waals surface area contributed by atoms with Crippen molar-refractivity contribution in [3.63, 3.8) is 0 Å². The van der Waals surface area contributed by atoms with Crippen LogP contribution in [0.3, 0.4) is 0 Å². The van der Waals surface area contributed by atoms with Crippen LogP contribution >= 0.6 is 0 Å². The van der Waals surface area contributed by atoms with Crippen molar-refractivity contribution in [2.75, 3.05) is 13.2 Å². The van der Waals surface area contributed by atoms with Crippen LogP contribution in [-0.4, -0.2) is 56.7 Å². The normalized spacial score (nSPS) is 21.6. The first-order chi connectivity index (χ1) is 23.5. The SMILES string of the molecule is CCCN=C1OC(=O)c2c(C)c3cc4[nH]c(cc5nc(cc6nc(c1c2[nH]3)[C@@H](CCC(=O)OCCC)[C@@H]6C)C(C)=C5C(C)=O)[C@H](C)[C@H]4CC. The predicted molar refractivity (Wildman–Crippen MR) is 190 cm³/mol. The molecule has 0 spiro atoms. The molecular weight excluding hydrogens is 618 g/mol. The topological polar surface area (TPSA) is 139 Å². The van der Waals surface area contributed by atoms with Crippen LogP contribution in [0, 0.1) is 6.92 Å². The number of carbonyl (C=O) groups excluding carboxylic acids is 3. The maximum absolute atomic E-state index is 13.7. The summed E-state index contributed by atoms with van der Waals surface area (Å²) in [5.74, 6) is -0.498. The van der Waals surface area contributed by atoms with E-state index in [-0.39, 0.29) is 47.7 Å². The van der Waals surface area contributed by atoms with Gasteiger partial charge >= 0.3 is 11.9 Å². The summed E-state index contributed by atoms with van der Waals surface area (Å²) in [7, 11) is 0. The molecule has 0 amide bonds. The molecule has 6 rings (SSSR count). The number of hydrogen-bond acceptors (Lipinski definition) is 8. The third kappa shape index (κ3) is 6.10. The molecule has 49 heavy (non-hydrogen) atoms. The summed E-state index contributed by atoms with van der Waals surface area (Å²) >= 11 is 0. The first-order valence-electron chi connectivity index (χ1n) is 17.7. The molecule has 0 aromatic carbocycles. The van der Waals surface area contributed by atoms with Gasteiger partial charge < -0.3 is 19.4 Å². The number of ether oxygens (including phenoxy) is 2. The molecule has 0 fully saturated rings. The van der Waals surface area contributed by atoms with Crippen LogP contribution in [-0.2, 0) is 19.1 Å². The fraction of sp³-hybridized carbons (Fsp3) is 0.487. The largest absolute Gasteiger partial charge is 0.466 e. The Labute approximate surface area is 287 Å². The minimum atomic E-state index is -0.451. The van der Waals surface area contributed by atoms with E-state index >= 15 is 0 Å². The molecule has 4 aliphatic rings. The lowest BCUT2D eigenvalue weighted by Crippen LogP contribution is -2.23. The number of aromatic nitrogens is 4. The molecule has 2 aromatic heterocycles. The van der Waals surface area contributed by atoms with Crippen molar-refractivity contribution in [2.24, 2.45) is 4.99 Å². The average Bonchev–Trinajstić information content (AvgIpc) is 3.75. The van der Waals surface area contributed by atoms with Crippen LogP contribution in [0.15, 0.2) is 23.2 Å². The van der Waals surface area contributed by atoms with Gasteiger partial charge in [-0.05, 0) is 75.8 Å². The van der Waals surface area contributed by atoms with E-state index in [4.69, 9.17) is 24.4 Å². The number of esters is 2. The van der Waals surface area contributed by atoms with Crippen LogP contribution in [0.4, 0.5) is 0 Å². The summed E-state index contributed by atoms with van der Waals surface area (Å²) in [6.07, 6.45) is 3.11. The molecule has 4 aliphatic heterocycles. The fourth-order valence-corrected chi connectivity index (χ4v) is 7.64. The lowest BCUT2D eigenvalue weighted by atomic mass is 9.85. The number of aliphatic imine (C=N–C) groups is 1. The van der Waals surface area contributed by atoms with Gasteiger partial charge in [0.25, 0.3) is 0 Å². The van der Waals surface area contributed by atoms with Gasteiger partial charge in [-0.3, -0.25) is 19.6 Å². The Bertz CT molecular complexity index is 1980. The molecule has 2 N–H and O–H groups in total. The number of hydrogen-bond donors (Lipinski definition) is 2. The van der Waals surface area contributed by atoms with E-state index < -0.39 is 5.97 Å². The zero-order valence-electron chi connectivity index (χ0n) is 29.9. The number of nitrogens with zero attached hydrogens (tertiary/aromatic N) is 3. The number of Topliss-reactive ketones (excluding diaryl/α,β-unsaturated/α-hetero) is 1. The smallest absolute Gasteiger partial charge is 0.347 e. The number of rotatable bonds is 9. The quantitative estimate of drug-likeness (QED) is 0.258. The zero-order valence-corrected chi connectivity index (χ0v) is 29.9. The van der Waals surface area contributed by atoms with Gasteiger partial charge in [-0.1, -0.05) is 34.6 Å². The van der Waals surface area contributed by atoms with E-state index in [0.717, 1.165) is 53.0 Å². The van der Waals surface area contributed by atoms with Crippen molar-refractivity contribution in [3.05, 3.63) is 69.1 Å². The van der Waals surface area contributed by atoms with Gasteiger partial charge in [0.05, 0.1) is 40.3 Å². The number of aromatic amines is 2. The molecule has 0 saturated heterocycles. The van der Waals surface area contributed by atoms with E-state index in [9.17, 15) is 14.4 Å². The van der Waals surface area contributed by atoms with Crippen molar-refractivity contribution in [1.29, 1.82) is 0 Å². The van der Waals surface area contributed by atoms with E-state index in [1.165, 1.54) is 0 Å². The third-order valence-corrected chi connectivity index (χ3v) is 10.4. The van der Waals surface area contributed by atoms with Gasteiger partial charge in [-0.15, -0.1) is 0 Å². The molecule has 2 aromatic rings. The Morgan fingerprint density at radius 2 is 1.71 bits per heavy atom. The number of allylic oxidation sites excluding steroid dienone is 2.